The normalized spacial score (nSPS) is 12.3. The number of halogens is 1. The lowest BCUT2D eigenvalue weighted by molar-refractivity contribution is 0.507. The van der Waals surface area contributed by atoms with Crippen molar-refractivity contribution in [3.63, 3.8) is 0 Å². The number of rotatable bonds is 6. The van der Waals surface area contributed by atoms with Crippen molar-refractivity contribution in [3.8, 4) is 0 Å². The second-order valence-electron chi connectivity index (χ2n) is 6.68. The Balaban J connectivity index is 2.04. The van der Waals surface area contributed by atoms with Crippen molar-refractivity contribution >= 4 is 17.3 Å². The highest BCUT2D eigenvalue weighted by Crippen LogP contribution is 2.22. The minimum Gasteiger partial charge on any atom is -0.357 e. The first-order valence-corrected chi connectivity index (χ1v) is 9.34. The Bertz CT molecular complexity index is 720. The molecule has 1 aromatic carbocycles. The summed E-state index contributed by atoms with van der Waals surface area (Å²) in [5.74, 6) is 0.570. The Hall–Kier alpha value is -1.95. The van der Waals surface area contributed by atoms with Crippen LogP contribution in [-0.2, 0) is 12.0 Å². The molecule has 0 aliphatic heterocycles. The van der Waals surface area contributed by atoms with E-state index in [0.29, 0.717) is 13.1 Å². The third kappa shape index (κ3) is 5.53. The molecule has 0 amide bonds. The Kier molecular flexibility index (Phi) is 6.53. The van der Waals surface area contributed by atoms with Gasteiger partial charge in [0.15, 0.2) is 5.96 Å². The molecule has 1 aromatic heterocycles. The Morgan fingerprint density at radius 3 is 2.44 bits per heavy atom. The van der Waals surface area contributed by atoms with Crippen molar-refractivity contribution in [2.24, 2.45) is 4.99 Å². The fourth-order valence-corrected chi connectivity index (χ4v) is 3.38. The van der Waals surface area contributed by atoms with Gasteiger partial charge in [0.05, 0.1) is 17.2 Å². The summed E-state index contributed by atoms with van der Waals surface area (Å²) in [6, 6.07) is 6.69. The van der Waals surface area contributed by atoms with E-state index >= 15 is 0 Å². The van der Waals surface area contributed by atoms with Crippen molar-refractivity contribution in [1.29, 1.82) is 0 Å². The fourth-order valence-electron chi connectivity index (χ4n) is 2.52. The first kappa shape index (κ1) is 19.4. The third-order valence-corrected chi connectivity index (χ3v) is 5.11. The molecule has 6 heteroatoms. The van der Waals surface area contributed by atoms with Crippen LogP contribution in [0.2, 0.25) is 0 Å². The van der Waals surface area contributed by atoms with Gasteiger partial charge in [0.25, 0.3) is 0 Å². The number of hydrogen-bond acceptors (Lipinski definition) is 3. The maximum absolute atomic E-state index is 13.1. The number of aromatic nitrogens is 1. The smallest absolute Gasteiger partial charge is 0.191 e. The topological polar surface area (TPSA) is 49.3 Å². The van der Waals surface area contributed by atoms with E-state index in [1.54, 1.807) is 11.3 Å². The summed E-state index contributed by atoms with van der Waals surface area (Å²) in [6.07, 6.45) is 0. The van der Waals surface area contributed by atoms with Crippen LogP contribution in [0.15, 0.2) is 29.3 Å². The van der Waals surface area contributed by atoms with Crippen LogP contribution in [0.25, 0.3) is 0 Å². The lowest BCUT2D eigenvalue weighted by Gasteiger charge is -2.26. The van der Waals surface area contributed by atoms with E-state index in [9.17, 15) is 4.39 Å². The molecular weight excluding hydrogens is 335 g/mol. The van der Waals surface area contributed by atoms with Crippen LogP contribution in [0.4, 0.5) is 4.39 Å². The summed E-state index contributed by atoms with van der Waals surface area (Å²) in [5, 5.41) is 7.74. The molecule has 4 nitrogen and oxygen atoms in total. The molecule has 0 atom stereocenters. The Morgan fingerprint density at radius 2 is 1.88 bits per heavy atom. The van der Waals surface area contributed by atoms with Crippen molar-refractivity contribution in [1.82, 2.24) is 15.6 Å². The van der Waals surface area contributed by atoms with Crippen molar-refractivity contribution < 1.29 is 4.39 Å². The molecule has 136 valence electrons. The highest BCUT2D eigenvalue weighted by atomic mass is 32.1. The molecule has 2 N–H and O–H groups in total. The molecule has 0 spiro atoms. The van der Waals surface area contributed by atoms with Crippen molar-refractivity contribution in [3.05, 3.63) is 51.2 Å². The van der Waals surface area contributed by atoms with Crippen molar-refractivity contribution in [2.45, 2.75) is 46.6 Å². The van der Waals surface area contributed by atoms with Gasteiger partial charge in [-0.2, -0.15) is 0 Å². The molecule has 0 aliphatic carbocycles. The predicted molar refractivity (Wildman–Crippen MR) is 104 cm³/mol. The molecule has 0 saturated carbocycles. The van der Waals surface area contributed by atoms with Crippen LogP contribution in [0.5, 0.6) is 0 Å². The molecule has 0 aliphatic rings. The van der Waals surface area contributed by atoms with Gasteiger partial charge < -0.3 is 10.6 Å². The lowest BCUT2D eigenvalue weighted by Crippen LogP contribution is -2.43. The number of nitrogens with zero attached hydrogens (tertiary/aromatic N) is 2. The summed E-state index contributed by atoms with van der Waals surface area (Å²) in [7, 11) is 0. The maximum Gasteiger partial charge on any atom is 0.191 e. The number of nitrogens with one attached hydrogen (secondary N) is 2. The summed E-state index contributed by atoms with van der Waals surface area (Å²) in [4.78, 5) is 10.3. The van der Waals surface area contributed by atoms with E-state index in [-0.39, 0.29) is 11.2 Å². The molecule has 1 heterocycles. The average Bonchev–Trinajstić information content (AvgIpc) is 2.88. The molecular formula is C19H27FN4S. The molecule has 0 unspecified atom stereocenters. The van der Waals surface area contributed by atoms with E-state index in [4.69, 9.17) is 0 Å². The zero-order chi connectivity index (χ0) is 18.4. The second kappa shape index (κ2) is 8.43. The number of aryl methyl sites for hydroxylation is 2. The first-order valence-electron chi connectivity index (χ1n) is 8.53. The monoisotopic (exact) mass is 362 g/mol. The molecule has 2 aromatic rings. The van der Waals surface area contributed by atoms with E-state index in [1.165, 1.54) is 17.0 Å². The Labute approximate surface area is 153 Å². The number of guanidine groups is 1. The lowest BCUT2D eigenvalue weighted by atomic mass is 9.84. The van der Waals surface area contributed by atoms with Crippen LogP contribution in [0.1, 0.15) is 41.9 Å². The largest absolute Gasteiger partial charge is 0.357 e. The number of thiazole rings is 1. The number of hydrogen-bond donors (Lipinski definition) is 2. The highest BCUT2D eigenvalue weighted by Gasteiger charge is 2.21. The van der Waals surface area contributed by atoms with Gasteiger partial charge in [-0.25, -0.2) is 14.4 Å². The maximum atomic E-state index is 13.1. The van der Waals surface area contributed by atoms with Crippen LogP contribution in [-0.4, -0.2) is 24.0 Å². The van der Waals surface area contributed by atoms with Crippen LogP contribution >= 0.6 is 11.3 Å². The van der Waals surface area contributed by atoms with Gasteiger partial charge in [-0.1, -0.05) is 26.0 Å². The minimum atomic E-state index is -0.211. The SMILES string of the molecule is CCNC(=NCc1sc(C)nc1C)NCC(C)(C)c1ccc(F)cc1. The van der Waals surface area contributed by atoms with Crippen LogP contribution in [0.3, 0.4) is 0 Å². The number of benzene rings is 1. The third-order valence-electron chi connectivity index (χ3n) is 4.05. The Morgan fingerprint density at radius 1 is 1.20 bits per heavy atom. The summed E-state index contributed by atoms with van der Waals surface area (Å²) in [6.45, 7) is 12.5. The second-order valence-corrected chi connectivity index (χ2v) is 7.97. The summed E-state index contributed by atoms with van der Waals surface area (Å²) >= 11 is 1.69. The quantitative estimate of drug-likeness (QED) is 0.605. The summed E-state index contributed by atoms with van der Waals surface area (Å²) in [5.41, 5.74) is 2.00. The zero-order valence-corrected chi connectivity index (χ0v) is 16.4. The molecule has 25 heavy (non-hydrogen) atoms. The van der Waals surface area contributed by atoms with Gasteiger partial charge >= 0.3 is 0 Å². The van der Waals surface area contributed by atoms with E-state index in [1.807, 2.05) is 32.9 Å². The standard InChI is InChI=1S/C19H27FN4S/c1-6-21-18(22-11-17-13(2)24-14(3)25-17)23-12-19(4,5)15-7-9-16(20)10-8-15/h7-10H,6,11-12H2,1-5H3,(H2,21,22,23). The van der Waals surface area contributed by atoms with Gasteiger partial charge in [-0.15, -0.1) is 11.3 Å². The zero-order valence-electron chi connectivity index (χ0n) is 15.6. The number of aliphatic imine (C=N–C) groups is 1. The fraction of sp³-hybridized carbons (Fsp3) is 0.474. The molecule has 0 bridgehead atoms. The molecule has 0 fully saturated rings. The summed E-state index contributed by atoms with van der Waals surface area (Å²) < 4.78 is 13.1. The van der Waals surface area contributed by atoms with Gasteiger partial charge in [0.1, 0.15) is 5.82 Å². The van der Waals surface area contributed by atoms with Crippen LogP contribution in [0, 0.1) is 19.7 Å². The predicted octanol–water partition coefficient (Wildman–Crippen LogP) is 3.93. The molecule has 0 radical (unpaired) electrons. The molecule has 0 saturated heterocycles. The van der Waals surface area contributed by atoms with E-state index < -0.39 is 0 Å². The van der Waals surface area contributed by atoms with Gasteiger partial charge in [-0.3, -0.25) is 0 Å². The van der Waals surface area contributed by atoms with E-state index in [2.05, 4.69) is 34.5 Å². The van der Waals surface area contributed by atoms with Gasteiger partial charge in [-0.05, 0) is 38.5 Å². The van der Waals surface area contributed by atoms with Gasteiger partial charge in [0, 0.05) is 23.4 Å². The van der Waals surface area contributed by atoms with Gasteiger partial charge in [0.2, 0.25) is 0 Å². The first-order chi connectivity index (χ1) is 11.8. The highest BCUT2D eigenvalue weighted by molar-refractivity contribution is 7.11. The molecule has 2 rings (SSSR count). The average molecular weight is 363 g/mol. The minimum absolute atomic E-state index is 0.138. The van der Waals surface area contributed by atoms with E-state index in [0.717, 1.165) is 28.8 Å². The van der Waals surface area contributed by atoms with Crippen molar-refractivity contribution in [2.75, 3.05) is 13.1 Å². The van der Waals surface area contributed by atoms with Crippen LogP contribution < -0.4 is 10.6 Å².